The van der Waals surface area contributed by atoms with Crippen molar-refractivity contribution in [3.63, 3.8) is 0 Å². The molecule has 0 saturated carbocycles. The Hall–Kier alpha value is -5.32. The zero-order valence-corrected chi connectivity index (χ0v) is 43.6. The first-order valence-electron chi connectivity index (χ1n) is 23.3. The molecule has 0 radical (unpaired) electrons. The number of nitrogens with zero attached hydrogens (tertiary/aromatic N) is 7. The van der Waals surface area contributed by atoms with Gasteiger partial charge in [-0.25, -0.2) is 4.98 Å². The molecule has 358 valence electrons. The number of allylic oxidation sites excluding steroid dienone is 3. The van der Waals surface area contributed by atoms with Crippen LogP contribution in [-0.2, 0) is 32.1 Å². The molecule has 0 aromatic carbocycles. The molecular formula is C55H62F3N7RuS2. The van der Waals surface area contributed by atoms with Crippen LogP contribution in [0.5, 0.6) is 0 Å². The number of hydrogen-bond acceptors (Lipinski definition) is 7. The van der Waals surface area contributed by atoms with Crippen LogP contribution >= 0.6 is 23.6 Å². The van der Waals surface area contributed by atoms with Crippen LogP contribution in [0.25, 0.3) is 70.0 Å². The van der Waals surface area contributed by atoms with Gasteiger partial charge in [-0.05, 0) is 146 Å². The van der Waals surface area contributed by atoms with Gasteiger partial charge in [-0.15, -0.1) is 11.3 Å². The van der Waals surface area contributed by atoms with Crippen molar-refractivity contribution >= 4 is 59.1 Å². The molecule has 6 heterocycles. The summed E-state index contributed by atoms with van der Waals surface area (Å²) in [5, 5.41) is 15.3. The quantitative estimate of drug-likeness (QED) is 0.0345. The van der Waals surface area contributed by atoms with Crippen molar-refractivity contribution in [3.05, 3.63) is 145 Å². The maximum absolute atomic E-state index is 12.7. The fourth-order valence-electron chi connectivity index (χ4n) is 7.09. The molecule has 0 amide bonds. The summed E-state index contributed by atoms with van der Waals surface area (Å²) >= 11 is 5.47. The van der Waals surface area contributed by atoms with Gasteiger partial charge in [0.05, 0.1) is 22.8 Å². The van der Waals surface area contributed by atoms with Gasteiger partial charge in [0.25, 0.3) is 0 Å². The predicted molar refractivity (Wildman–Crippen MR) is 279 cm³/mol. The summed E-state index contributed by atoms with van der Waals surface area (Å²) in [6.45, 7) is 15.5. The fourth-order valence-corrected chi connectivity index (χ4v) is 8.05. The molecule has 0 spiro atoms. The maximum Gasteiger partial charge on any atom is 2.00 e. The van der Waals surface area contributed by atoms with E-state index < -0.39 is 11.9 Å². The number of thiophene rings is 1. The number of pyridine rings is 4. The topological polar surface area (TPSA) is 101 Å². The number of halogens is 3. The van der Waals surface area contributed by atoms with Crippen molar-refractivity contribution in [2.75, 3.05) is 0 Å². The van der Waals surface area contributed by atoms with Crippen molar-refractivity contribution in [1.29, 1.82) is 0 Å². The standard InChI is InChI=1S/C33H41N3.C21H21F3N3S.CNS.Ru/c1-7-24(8-2)17-27-13-15-34-30(20-27)32-22-29(19-26(11-5)12-6)23-33(36-32)31-21-28(14-16-35-31)18-25(9-3)10-4;1-2-3-4-5-6-16-9-10-17(28-16)8-7-15-11-12-25-18(13-15)19-14-20(27-26-19)21(22,23)24;2-1-3;/h13-23H,7-12H2,1-6H3;7-14H,2-6H2,1H3;;/q;2*-1;+2/b;8-7+;;. The first-order chi connectivity index (χ1) is 32.4. The van der Waals surface area contributed by atoms with Gasteiger partial charge in [-0.2, -0.15) is 18.3 Å². The Labute approximate surface area is 424 Å². The molecule has 0 bridgehead atoms. The summed E-state index contributed by atoms with van der Waals surface area (Å²) in [4.78, 5) is 21.1. The van der Waals surface area contributed by atoms with Crippen LogP contribution in [0.4, 0.5) is 13.2 Å². The molecule has 6 aromatic heterocycles. The summed E-state index contributed by atoms with van der Waals surface area (Å²) in [6.07, 6.45) is 24.0. The monoisotopic (exact) mass is 1040 g/mol. The number of isothiocyanates is 1. The summed E-state index contributed by atoms with van der Waals surface area (Å²) in [5.41, 5.74) is 11.6. The van der Waals surface area contributed by atoms with Gasteiger partial charge < -0.3 is 15.6 Å². The molecule has 0 aliphatic heterocycles. The van der Waals surface area contributed by atoms with Crippen LogP contribution in [0.1, 0.15) is 150 Å². The molecule has 0 saturated heterocycles. The Bertz CT molecular complexity index is 2530. The van der Waals surface area contributed by atoms with E-state index in [9.17, 15) is 13.2 Å². The smallest absolute Gasteiger partial charge is 0.753 e. The van der Waals surface area contributed by atoms with Gasteiger partial charge in [0, 0.05) is 34.0 Å². The molecular weight excluding hydrogens is 981 g/mol. The third kappa shape index (κ3) is 18.6. The Morgan fingerprint density at radius 2 is 1.09 bits per heavy atom. The molecule has 0 atom stereocenters. The largest absolute Gasteiger partial charge is 2.00 e. The number of alkyl halides is 3. The number of rotatable bonds is 19. The summed E-state index contributed by atoms with van der Waals surface area (Å²) in [7, 11) is 0. The van der Waals surface area contributed by atoms with Crippen LogP contribution in [0.3, 0.4) is 0 Å². The van der Waals surface area contributed by atoms with Crippen LogP contribution in [0, 0.1) is 0 Å². The average Bonchev–Trinajstić information content (AvgIpc) is 4.04. The van der Waals surface area contributed by atoms with Crippen molar-refractivity contribution < 1.29 is 32.6 Å². The van der Waals surface area contributed by atoms with E-state index in [1.54, 1.807) is 29.7 Å². The molecule has 0 fully saturated rings. The number of hydrogen-bond donors (Lipinski definition) is 0. The maximum atomic E-state index is 12.7. The van der Waals surface area contributed by atoms with Crippen LogP contribution in [0.2, 0.25) is 0 Å². The summed E-state index contributed by atoms with van der Waals surface area (Å²) < 4.78 is 38.1. The number of aromatic nitrogens is 6. The van der Waals surface area contributed by atoms with Gasteiger partial charge in [-0.1, -0.05) is 127 Å². The van der Waals surface area contributed by atoms with E-state index in [1.807, 2.05) is 24.5 Å². The molecule has 6 aromatic rings. The second-order valence-electron chi connectivity index (χ2n) is 15.8. The van der Waals surface area contributed by atoms with E-state index in [0.29, 0.717) is 5.69 Å². The average molecular weight is 1040 g/mol. The van der Waals surface area contributed by atoms with Crippen molar-refractivity contribution in [1.82, 2.24) is 30.1 Å². The van der Waals surface area contributed by atoms with Gasteiger partial charge in [0.15, 0.2) is 0 Å². The predicted octanol–water partition coefficient (Wildman–Crippen LogP) is 16.9. The van der Waals surface area contributed by atoms with Crippen LogP contribution in [-0.4, -0.2) is 30.2 Å². The first-order valence-corrected chi connectivity index (χ1v) is 24.5. The van der Waals surface area contributed by atoms with Gasteiger partial charge in [0.2, 0.25) is 0 Å². The second kappa shape index (κ2) is 30.2. The Morgan fingerprint density at radius 1 is 0.618 bits per heavy atom. The minimum atomic E-state index is -4.50. The zero-order chi connectivity index (χ0) is 48.6. The Balaban J connectivity index is 0.000000344. The number of thiocarbonyl (C=S) groups is 1. The number of unbranched alkanes of at least 4 members (excludes halogenated alkanes) is 3. The van der Waals surface area contributed by atoms with Gasteiger partial charge in [-0.3, -0.25) is 15.0 Å². The van der Waals surface area contributed by atoms with E-state index >= 15 is 0 Å². The van der Waals surface area contributed by atoms with Crippen molar-refractivity contribution in [2.24, 2.45) is 0 Å². The molecule has 6 rings (SSSR count). The van der Waals surface area contributed by atoms with E-state index in [0.717, 1.165) is 89.8 Å². The molecule has 0 N–H and O–H groups in total. The molecule has 0 aliphatic rings. The van der Waals surface area contributed by atoms with Crippen molar-refractivity contribution in [2.45, 2.75) is 125 Å². The number of aryl methyl sites for hydroxylation is 1. The van der Waals surface area contributed by atoms with Crippen LogP contribution < -0.4 is 5.10 Å². The van der Waals surface area contributed by atoms with E-state index in [4.69, 9.17) is 20.4 Å². The van der Waals surface area contributed by atoms with Crippen molar-refractivity contribution in [3.8, 4) is 34.2 Å². The second-order valence-corrected chi connectivity index (χ2v) is 17.2. The third-order valence-electron chi connectivity index (χ3n) is 11.1. The molecule has 0 unspecified atom stereocenters. The minimum absolute atomic E-state index is 0. The summed E-state index contributed by atoms with van der Waals surface area (Å²) in [5.74, 6) is 0. The molecule has 68 heavy (non-hydrogen) atoms. The third-order valence-corrected chi connectivity index (χ3v) is 12.2. The first kappa shape index (κ1) is 57.0. The summed E-state index contributed by atoms with van der Waals surface area (Å²) in [6, 6.07) is 21.4. The minimum Gasteiger partial charge on any atom is -0.753 e. The van der Waals surface area contributed by atoms with Gasteiger partial charge >= 0.3 is 25.7 Å². The Kier molecular flexibility index (Phi) is 25.3. The van der Waals surface area contributed by atoms with Crippen LogP contribution in [0.15, 0.2) is 102 Å². The SMILES string of the molecule is CCC(=Cc1ccnc(-c2cc(C=C(CC)CC)cc(-c3cc(C=C(CC)CC)ccn3)n2)c1)CC.CCCCCCc1ccc(/C=C/c2ccnc(-c3cc(C(F)(F)F)n[n-]3)c2)s1.[N-]=C=S.[Ru+2]. The van der Waals surface area contributed by atoms with E-state index in [1.165, 1.54) is 63.6 Å². The zero-order valence-electron chi connectivity index (χ0n) is 40.2. The molecule has 13 heteroatoms. The van der Waals surface area contributed by atoms with Gasteiger partial charge in [0.1, 0.15) is 5.69 Å². The normalized spacial score (nSPS) is 10.7. The molecule has 0 aliphatic carbocycles. The molecule has 7 nitrogen and oxygen atoms in total. The fraction of sp³-hybridized carbons (Fsp3) is 0.345. The van der Waals surface area contributed by atoms with E-state index in [-0.39, 0.29) is 25.2 Å². The van der Waals surface area contributed by atoms with E-state index in [2.05, 4.69) is 143 Å². The Morgan fingerprint density at radius 3 is 1.57 bits per heavy atom.